The summed E-state index contributed by atoms with van der Waals surface area (Å²) in [6, 6.07) is 34.4. The third kappa shape index (κ3) is 6.86. The van der Waals surface area contributed by atoms with Gasteiger partial charge in [0, 0.05) is 58.3 Å². The Morgan fingerprint density at radius 2 is 1.18 bits per heavy atom. The normalized spacial score (nSPS) is 16.1. The van der Waals surface area contributed by atoms with Gasteiger partial charge in [0.05, 0.1) is 55.2 Å². The van der Waals surface area contributed by atoms with Gasteiger partial charge < -0.3 is 19.4 Å². The molecule has 0 bridgehead atoms. The molecule has 310 valence electrons. The highest BCUT2D eigenvalue weighted by Gasteiger charge is 2.37. The van der Waals surface area contributed by atoms with Crippen LogP contribution in [0, 0.1) is 0 Å². The van der Waals surface area contributed by atoms with E-state index in [0.29, 0.717) is 34.1 Å². The number of ether oxygens (including phenoxy) is 2. The first-order valence-electron chi connectivity index (χ1n) is 19.9. The number of fused-ring (bicyclic) bond motifs is 4. The molecule has 8 aromatic rings. The van der Waals surface area contributed by atoms with Gasteiger partial charge in [-0.25, -0.2) is 26.8 Å². The molecule has 10 rings (SSSR count). The lowest BCUT2D eigenvalue weighted by atomic mass is 9.92. The molecule has 0 fully saturated rings. The van der Waals surface area contributed by atoms with Crippen LogP contribution in [0.5, 0.6) is 11.8 Å². The summed E-state index contributed by atoms with van der Waals surface area (Å²) < 4.78 is 71.6. The molecule has 0 radical (unpaired) electrons. The Balaban J connectivity index is 0.989. The Hall–Kier alpha value is -7.16. The van der Waals surface area contributed by atoms with Crippen molar-refractivity contribution in [1.82, 2.24) is 28.5 Å². The number of nitrogens with zero attached hydrogens (tertiary/aromatic N) is 4. The van der Waals surface area contributed by atoms with Crippen LogP contribution in [0.2, 0.25) is 0 Å². The highest BCUT2D eigenvalue weighted by molar-refractivity contribution is 7.88. The molecule has 2 aliphatic rings. The Bertz CT molecular complexity index is 3290. The summed E-state index contributed by atoms with van der Waals surface area (Å²) in [5.74, 6) is 0.331. The van der Waals surface area contributed by atoms with Crippen molar-refractivity contribution in [3.8, 4) is 23.0 Å². The number of aromatic nitrogens is 4. The van der Waals surface area contributed by atoms with E-state index in [9.17, 15) is 16.8 Å². The van der Waals surface area contributed by atoms with Crippen molar-refractivity contribution in [3.05, 3.63) is 191 Å². The van der Waals surface area contributed by atoms with Gasteiger partial charge in [0.15, 0.2) is 0 Å². The van der Waals surface area contributed by atoms with Crippen LogP contribution in [0.15, 0.2) is 146 Å². The minimum atomic E-state index is -3.94. The van der Waals surface area contributed by atoms with Crippen molar-refractivity contribution in [2.45, 2.75) is 23.6 Å². The molecule has 0 spiro atoms. The van der Waals surface area contributed by atoms with Crippen molar-refractivity contribution in [2.75, 3.05) is 14.2 Å². The maximum absolute atomic E-state index is 14.5. The minimum Gasteiger partial charge on any atom is -0.481 e. The van der Waals surface area contributed by atoms with Crippen molar-refractivity contribution in [3.63, 3.8) is 0 Å². The zero-order valence-electron chi connectivity index (χ0n) is 33.6. The monoisotopic (exact) mass is 860 g/mol. The Morgan fingerprint density at radius 3 is 1.79 bits per heavy atom. The SMILES string of the molecule is COc1cc2c(C3c4ccccc4C=CN3S(=O)(=O)Cc3ccc(-c4cc5c(C6c7ccccc7C=CN6S(=O)(=O)Cc6ccccc6)c[nH]c5c(OC)n4)cc3)c[nH]c2cn1. The topological polar surface area (TPSA) is 151 Å². The first-order chi connectivity index (χ1) is 30.1. The van der Waals surface area contributed by atoms with Crippen LogP contribution in [0.1, 0.15) is 56.6 Å². The van der Waals surface area contributed by atoms with E-state index >= 15 is 0 Å². The number of nitrogens with one attached hydrogen (secondary N) is 2. The number of benzene rings is 4. The first-order valence-corrected chi connectivity index (χ1v) is 23.1. The van der Waals surface area contributed by atoms with Crippen molar-refractivity contribution in [1.29, 1.82) is 0 Å². The number of hydrogen-bond acceptors (Lipinski definition) is 8. The largest absolute Gasteiger partial charge is 0.481 e. The van der Waals surface area contributed by atoms with Gasteiger partial charge in [-0.3, -0.25) is 8.61 Å². The lowest BCUT2D eigenvalue weighted by Gasteiger charge is -2.34. The van der Waals surface area contributed by atoms with E-state index in [2.05, 4.69) is 15.0 Å². The molecule has 0 amide bonds. The number of H-pyrrole nitrogens is 2. The molecule has 2 atom stereocenters. The molecule has 12 nitrogen and oxygen atoms in total. The Morgan fingerprint density at radius 1 is 0.613 bits per heavy atom. The summed E-state index contributed by atoms with van der Waals surface area (Å²) in [5, 5.41) is 1.55. The van der Waals surface area contributed by atoms with Gasteiger partial charge in [0.1, 0.15) is 5.52 Å². The quantitative estimate of drug-likeness (QED) is 0.131. The Kier molecular flexibility index (Phi) is 9.68. The number of hydrogen-bond donors (Lipinski definition) is 2. The third-order valence-corrected chi connectivity index (χ3v) is 14.9. The predicted octanol–water partition coefficient (Wildman–Crippen LogP) is 8.93. The molecule has 62 heavy (non-hydrogen) atoms. The minimum absolute atomic E-state index is 0.171. The van der Waals surface area contributed by atoms with Crippen molar-refractivity contribution in [2.24, 2.45) is 0 Å². The second-order valence-electron chi connectivity index (χ2n) is 15.2. The smallest absolute Gasteiger partial charge is 0.239 e. The van der Waals surface area contributed by atoms with Gasteiger partial charge in [-0.1, -0.05) is 103 Å². The van der Waals surface area contributed by atoms with Crippen LogP contribution in [-0.4, -0.2) is 59.6 Å². The maximum Gasteiger partial charge on any atom is 0.239 e. The average Bonchev–Trinajstić information content (AvgIpc) is 3.92. The number of pyridine rings is 2. The number of sulfonamides is 2. The molecular weight excluding hydrogens is 821 g/mol. The lowest BCUT2D eigenvalue weighted by Crippen LogP contribution is -2.34. The second kappa shape index (κ2) is 15.4. The molecule has 2 N–H and O–H groups in total. The summed E-state index contributed by atoms with van der Waals surface area (Å²) in [6.45, 7) is 0. The highest BCUT2D eigenvalue weighted by Crippen LogP contribution is 2.44. The van der Waals surface area contributed by atoms with Crippen molar-refractivity contribution < 1.29 is 26.3 Å². The van der Waals surface area contributed by atoms with Crippen LogP contribution in [0.4, 0.5) is 0 Å². The first kappa shape index (κ1) is 39.0. The highest BCUT2D eigenvalue weighted by atomic mass is 32.2. The molecule has 4 aromatic heterocycles. The summed E-state index contributed by atoms with van der Waals surface area (Å²) in [4.78, 5) is 15.7. The summed E-state index contributed by atoms with van der Waals surface area (Å²) in [7, 11) is -4.70. The van der Waals surface area contributed by atoms with Gasteiger partial charge in [0.2, 0.25) is 31.8 Å². The van der Waals surface area contributed by atoms with Gasteiger partial charge in [-0.05, 0) is 51.6 Å². The van der Waals surface area contributed by atoms with Gasteiger partial charge >= 0.3 is 0 Å². The molecular formula is C48H40N6O6S2. The molecule has 0 saturated carbocycles. The fourth-order valence-electron chi connectivity index (χ4n) is 8.61. The van der Waals surface area contributed by atoms with E-state index < -0.39 is 32.1 Å². The number of methoxy groups -OCH3 is 2. The van der Waals surface area contributed by atoms with Gasteiger partial charge in [-0.15, -0.1) is 0 Å². The van der Waals surface area contributed by atoms with Crippen LogP contribution in [-0.2, 0) is 31.6 Å². The zero-order valence-corrected chi connectivity index (χ0v) is 35.3. The van der Waals surface area contributed by atoms with Crippen LogP contribution >= 0.6 is 0 Å². The molecule has 6 heterocycles. The molecule has 2 unspecified atom stereocenters. The number of rotatable bonds is 11. The van der Waals surface area contributed by atoms with Crippen LogP contribution in [0.3, 0.4) is 0 Å². The van der Waals surface area contributed by atoms with Gasteiger partial charge in [0.25, 0.3) is 0 Å². The Labute approximate surface area is 358 Å². The lowest BCUT2D eigenvalue weighted by molar-refractivity contribution is 0.398. The van der Waals surface area contributed by atoms with E-state index in [-0.39, 0.29) is 11.5 Å². The van der Waals surface area contributed by atoms with Crippen molar-refractivity contribution >= 4 is 54.0 Å². The predicted molar refractivity (Wildman–Crippen MR) is 241 cm³/mol. The summed E-state index contributed by atoms with van der Waals surface area (Å²) in [5.41, 5.74) is 9.01. The van der Waals surface area contributed by atoms with Crippen LogP contribution < -0.4 is 9.47 Å². The molecule has 14 heteroatoms. The molecule has 0 saturated heterocycles. The number of aromatic amines is 2. The van der Waals surface area contributed by atoms with Crippen LogP contribution in [0.25, 0.3) is 45.2 Å². The summed E-state index contributed by atoms with van der Waals surface area (Å²) in [6.07, 6.45) is 12.3. The fraction of sp³-hybridized carbons (Fsp3) is 0.125. The molecule has 0 aliphatic carbocycles. The van der Waals surface area contributed by atoms with E-state index in [4.69, 9.17) is 14.5 Å². The standard InChI is InChI=1S/C48H40N6O6S2/c1-59-44-25-38-40(26-49-43(38)28-50-44)46-36-14-8-6-12-33(36)20-22-53(46)62(57,58)30-32-16-18-35(19-17-32)42-24-39-41(27-51-45(39)48(52-42)60-2)47-37-15-9-7-13-34(37)21-23-54(47)61(55,56)29-31-10-4-3-5-11-31/h3-28,46-47,49,51H,29-30H2,1-2H3. The van der Waals surface area contributed by atoms with E-state index in [1.54, 1.807) is 44.9 Å². The average molecular weight is 861 g/mol. The van der Waals surface area contributed by atoms with E-state index in [0.717, 1.165) is 55.2 Å². The second-order valence-corrected chi connectivity index (χ2v) is 19.0. The zero-order chi connectivity index (χ0) is 42.6. The molecule has 2 aliphatic heterocycles. The maximum atomic E-state index is 14.5. The third-order valence-electron chi connectivity index (χ3n) is 11.6. The molecule has 4 aromatic carbocycles. The van der Waals surface area contributed by atoms with Gasteiger partial charge in [-0.2, -0.15) is 0 Å². The summed E-state index contributed by atoms with van der Waals surface area (Å²) >= 11 is 0. The van der Waals surface area contributed by atoms with E-state index in [1.165, 1.54) is 8.61 Å². The van der Waals surface area contributed by atoms with E-state index in [1.807, 2.05) is 128 Å². The fourth-order valence-corrected chi connectivity index (χ4v) is 11.7.